The normalized spacial score (nSPS) is 16.6. The van der Waals surface area contributed by atoms with E-state index in [0.717, 1.165) is 6.07 Å². The lowest BCUT2D eigenvalue weighted by Gasteiger charge is -2.40. The molecule has 1 aromatic rings. The second-order valence-electron chi connectivity index (χ2n) is 5.58. The van der Waals surface area contributed by atoms with E-state index in [9.17, 15) is 9.18 Å². The fraction of sp³-hybridized carbons (Fsp3) is 0.467. The highest BCUT2D eigenvalue weighted by atomic mass is 35.5. The number of amides is 1. The largest absolute Gasteiger partial charge is 0.336 e. The maximum atomic E-state index is 13.4. The number of nitriles is 1. The van der Waals surface area contributed by atoms with E-state index in [2.05, 4.69) is 6.07 Å². The Kier molecular flexibility index (Phi) is 4.50. The lowest BCUT2D eigenvalue weighted by atomic mass is 10.0. The summed E-state index contributed by atoms with van der Waals surface area (Å²) in [5.74, 6) is -0.799. The van der Waals surface area contributed by atoms with Crippen molar-refractivity contribution in [1.29, 1.82) is 5.26 Å². The molecular formula is C15H17ClFN3O. The Bertz CT molecular complexity index is 589. The summed E-state index contributed by atoms with van der Waals surface area (Å²) in [6.07, 6.45) is 0. The van der Waals surface area contributed by atoms with E-state index in [4.69, 9.17) is 16.9 Å². The summed E-state index contributed by atoms with van der Waals surface area (Å²) in [7, 11) is 0. The molecule has 0 saturated carbocycles. The van der Waals surface area contributed by atoms with Crippen LogP contribution in [0.1, 0.15) is 24.2 Å². The van der Waals surface area contributed by atoms with Crippen LogP contribution in [0.4, 0.5) is 4.39 Å². The zero-order chi connectivity index (χ0) is 15.6. The first-order chi connectivity index (χ1) is 9.85. The molecular weight excluding hydrogens is 293 g/mol. The standard InChI is InChI=1S/C15H17ClFN3O/c1-15(2,10-18)20-7-5-19(6-8-20)14(21)11-3-4-12(16)13(17)9-11/h3-4,9H,5-8H2,1-2H3. The molecule has 1 aliphatic rings. The molecule has 0 unspecified atom stereocenters. The number of nitrogens with zero attached hydrogens (tertiary/aromatic N) is 3. The van der Waals surface area contributed by atoms with Crippen LogP contribution in [0.15, 0.2) is 18.2 Å². The van der Waals surface area contributed by atoms with Crippen LogP contribution >= 0.6 is 11.6 Å². The Hall–Kier alpha value is -1.64. The van der Waals surface area contributed by atoms with Crippen LogP contribution in [0.2, 0.25) is 5.02 Å². The van der Waals surface area contributed by atoms with Crippen molar-refractivity contribution in [2.75, 3.05) is 26.2 Å². The SMILES string of the molecule is CC(C)(C#N)N1CCN(C(=O)c2ccc(Cl)c(F)c2)CC1. The number of hydrogen-bond donors (Lipinski definition) is 0. The maximum absolute atomic E-state index is 13.4. The molecule has 1 heterocycles. The van der Waals surface area contributed by atoms with Gasteiger partial charge in [-0.1, -0.05) is 11.6 Å². The molecule has 21 heavy (non-hydrogen) atoms. The molecule has 0 atom stereocenters. The van der Waals surface area contributed by atoms with E-state index in [1.165, 1.54) is 12.1 Å². The third-order valence-electron chi connectivity index (χ3n) is 3.80. The molecule has 1 amide bonds. The van der Waals surface area contributed by atoms with Gasteiger partial charge in [0.05, 0.1) is 11.1 Å². The fourth-order valence-electron chi connectivity index (χ4n) is 2.35. The number of carbonyl (C=O) groups is 1. The molecule has 0 bridgehead atoms. The van der Waals surface area contributed by atoms with E-state index in [1.54, 1.807) is 4.90 Å². The molecule has 0 aliphatic carbocycles. The van der Waals surface area contributed by atoms with Gasteiger partial charge in [0.25, 0.3) is 5.91 Å². The highest BCUT2D eigenvalue weighted by molar-refractivity contribution is 6.30. The quantitative estimate of drug-likeness (QED) is 0.843. The maximum Gasteiger partial charge on any atom is 0.254 e. The van der Waals surface area contributed by atoms with Gasteiger partial charge in [-0.3, -0.25) is 9.69 Å². The van der Waals surface area contributed by atoms with Crippen molar-refractivity contribution in [2.45, 2.75) is 19.4 Å². The number of rotatable bonds is 2. The summed E-state index contributed by atoms with van der Waals surface area (Å²) in [5.41, 5.74) is -0.244. The Balaban J connectivity index is 2.04. The second-order valence-corrected chi connectivity index (χ2v) is 5.99. The molecule has 6 heteroatoms. The number of halogens is 2. The van der Waals surface area contributed by atoms with Gasteiger partial charge in [-0.05, 0) is 32.0 Å². The van der Waals surface area contributed by atoms with E-state index < -0.39 is 11.4 Å². The molecule has 0 N–H and O–H groups in total. The van der Waals surface area contributed by atoms with Crippen LogP contribution in [0.3, 0.4) is 0 Å². The smallest absolute Gasteiger partial charge is 0.254 e. The van der Waals surface area contributed by atoms with Gasteiger partial charge in [-0.25, -0.2) is 4.39 Å². The summed E-state index contributed by atoms with van der Waals surface area (Å²) >= 11 is 5.62. The number of hydrogen-bond acceptors (Lipinski definition) is 3. The minimum atomic E-state index is -0.591. The molecule has 1 aliphatic heterocycles. The predicted molar refractivity (Wildman–Crippen MR) is 78.6 cm³/mol. The van der Waals surface area contributed by atoms with Gasteiger partial charge < -0.3 is 4.90 Å². The number of piperazine rings is 1. The summed E-state index contributed by atoms with van der Waals surface area (Å²) < 4.78 is 13.4. The van der Waals surface area contributed by atoms with E-state index in [-0.39, 0.29) is 10.9 Å². The van der Waals surface area contributed by atoms with Crippen LogP contribution in [0.25, 0.3) is 0 Å². The molecule has 2 rings (SSSR count). The predicted octanol–water partition coefficient (Wildman–Crippen LogP) is 2.54. The fourth-order valence-corrected chi connectivity index (χ4v) is 2.47. The summed E-state index contributed by atoms with van der Waals surface area (Å²) in [6, 6.07) is 6.34. The average Bonchev–Trinajstić information content (AvgIpc) is 2.49. The van der Waals surface area contributed by atoms with Gasteiger partial charge in [0.15, 0.2) is 0 Å². The first-order valence-corrected chi connectivity index (χ1v) is 7.13. The van der Waals surface area contributed by atoms with Crippen LogP contribution < -0.4 is 0 Å². The highest BCUT2D eigenvalue weighted by Gasteiger charge is 2.31. The summed E-state index contributed by atoms with van der Waals surface area (Å²) in [6.45, 7) is 6.02. The Morgan fingerprint density at radius 3 is 2.48 bits per heavy atom. The summed E-state index contributed by atoms with van der Waals surface area (Å²) in [4.78, 5) is 16.0. The lowest BCUT2D eigenvalue weighted by Crippen LogP contribution is -2.55. The molecule has 0 spiro atoms. The van der Waals surface area contributed by atoms with Crippen molar-refractivity contribution in [3.63, 3.8) is 0 Å². The molecule has 1 fully saturated rings. The van der Waals surface area contributed by atoms with E-state index in [0.29, 0.717) is 31.7 Å². The van der Waals surface area contributed by atoms with Crippen LogP contribution in [0, 0.1) is 17.1 Å². The molecule has 0 radical (unpaired) electrons. The first-order valence-electron chi connectivity index (χ1n) is 6.76. The number of benzene rings is 1. The second kappa shape index (κ2) is 6.00. The minimum Gasteiger partial charge on any atom is -0.336 e. The lowest BCUT2D eigenvalue weighted by molar-refractivity contribution is 0.0520. The topological polar surface area (TPSA) is 47.3 Å². The third kappa shape index (κ3) is 3.34. The van der Waals surface area contributed by atoms with Crippen LogP contribution in [0.5, 0.6) is 0 Å². The number of carbonyl (C=O) groups excluding carboxylic acids is 1. The van der Waals surface area contributed by atoms with Gasteiger partial charge >= 0.3 is 0 Å². The molecule has 1 saturated heterocycles. The minimum absolute atomic E-state index is 0.00661. The first kappa shape index (κ1) is 15.7. The van der Waals surface area contributed by atoms with Crippen molar-refractivity contribution < 1.29 is 9.18 Å². The molecule has 1 aromatic carbocycles. The highest BCUT2D eigenvalue weighted by Crippen LogP contribution is 2.19. The Morgan fingerprint density at radius 2 is 1.95 bits per heavy atom. The Labute approximate surface area is 128 Å². The zero-order valence-corrected chi connectivity index (χ0v) is 12.8. The molecule has 0 aromatic heterocycles. The van der Waals surface area contributed by atoms with Crippen molar-refractivity contribution in [3.8, 4) is 6.07 Å². The van der Waals surface area contributed by atoms with Crippen LogP contribution in [-0.4, -0.2) is 47.4 Å². The van der Waals surface area contributed by atoms with Gasteiger partial charge in [0.1, 0.15) is 11.4 Å². The zero-order valence-electron chi connectivity index (χ0n) is 12.1. The van der Waals surface area contributed by atoms with Gasteiger partial charge in [0, 0.05) is 31.7 Å². The van der Waals surface area contributed by atoms with Gasteiger partial charge in [-0.2, -0.15) is 5.26 Å². The van der Waals surface area contributed by atoms with Crippen molar-refractivity contribution in [2.24, 2.45) is 0 Å². The van der Waals surface area contributed by atoms with Gasteiger partial charge in [-0.15, -0.1) is 0 Å². The molecule has 4 nitrogen and oxygen atoms in total. The van der Waals surface area contributed by atoms with Crippen molar-refractivity contribution in [3.05, 3.63) is 34.6 Å². The van der Waals surface area contributed by atoms with Gasteiger partial charge in [0.2, 0.25) is 0 Å². The Morgan fingerprint density at radius 1 is 1.33 bits per heavy atom. The van der Waals surface area contributed by atoms with E-state index in [1.807, 2.05) is 18.7 Å². The monoisotopic (exact) mass is 309 g/mol. The summed E-state index contributed by atoms with van der Waals surface area (Å²) in [5, 5.41) is 9.14. The molecule has 112 valence electrons. The van der Waals surface area contributed by atoms with Crippen molar-refractivity contribution in [1.82, 2.24) is 9.80 Å². The van der Waals surface area contributed by atoms with E-state index >= 15 is 0 Å². The van der Waals surface area contributed by atoms with Crippen molar-refractivity contribution >= 4 is 17.5 Å². The third-order valence-corrected chi connectivity index (χ3v) is 4.10. The average molecular weight is 310 g/mol. The van der Waals surface area contributed by atoms with Crippen LogP contribution in [-0.2, 0) is 0 Å².